The van der Waals surface area contributed by atoms with E-state index in [2.05, 4.69) is 89.1 Å². The Morgan fingerprint density at radius 2 is 1.53 bits per heavy atom. The first kappa shape index (κ1) is 24.5. The maximum Gasteiger partial charge on any atom is 0.123 e. The molecular weight excluding hydrogens is 416 g/mol. The fraction of sp³-hybridized carbons (Fsp3) is 0.419. The molecule has 4 rings (SSSR count). The lowest BCUT2D eigenvalue weighted by Crippen LogP contribution is -2.48. The molecule has 1 saturated heterocycles. The Balaban J connectivity index is 1.33. The second kappa shape index (κ2) is 13.3. The Kier molecular flexibility index (Phi) is 9.60. The third kappa shape index (κ3) is 6.94. The normalized spacial score (nSPS) is 18.6. The smallest absolute Gasteiger partial charge is 0.123 e. The predicted molar refractivity (Wildman–Crippen MR) is 142 cm³/mol. The number of hydrogen-bond donors (Lipinski definition) is 1. The lowest BCUT2D eigenvalue weighted by molar-refractivity contribution is 0.108. The van der Waals surface area contributed by atoms with E-state index in [0.29, 0.717) is 12.1 Å². The van der Waals surface area contributed by atoms with E-state index in [1.807, 2.05) is 6.07 Å². The molecule has 0 aliphatic carbocycles. The minimum absolute atomic E-state index is 0.425. The molecule has 34 heavy (non-hydrogen) atoms. The number of likely N-dealkylation sites (tertiary alicyclic amines) is 1. The van der Waals surface area contributed by atoms with Crippen LogP contribution in [-0.4, -0.2) is 31.1 Å². The summed E-state index contributed by atoms with van der Waals surface area (Å²) < 4.78 is 5.58. The first-order valence-electron chi connectivity index (χ1n) is 13.0. The fourth-order valence-electron chi connectivity index (χ4n) is 5.36. The SMILES string of the molecule is COc1ccccc1CNC1CCCN(CCCCCCc2ccccc2)C1c1ccccc1. The van der Waals surface area contributed by atoms with Crippen molar-refractivity contribution in [3.05, 3.63) is 102 Å². The molecule has 1 N–H and O–H groups in total. The summed E-state index contributed by atoms with van der Waals surface area (Å²) in [5.41, 5.74) is 4.13. The number of rotatable bonds is 12. The molecule has 0 saturated carbocycles. The van der Waals surface area contributed by atoms with Crippen LogP contribution in [0.4, 0.5) is 0 Å². The maximum atomic E-state index is 5.58. The first-order chi connectivity index (χ1) is 16.8. The molecule has 1 aliphatic heterocycles. The average molecular weight is 457 g/mol. The molecule has 0 amide bonds. The van der Waals surface area contributed by atoms with E-state index in [1.54, 1.807) is 7.11 Å². The van der Waals surface area contributed by atoms with Crippen LogP contribution >= 0.6 is 0 Å². The van der Waals surface area contributed by atoms with Crippen LogP contribution in [0.3, 0.4) is 0 Å². The molecular formula is C31H40N2O. The first-order valence-corrected chi connectivity index (χ1v) is 13.0. The van der Waals surface area contributed by atoms with Crippen LogP contribution in [0.25, 0.3) is 0 Å². The molecule has 0 bridgehead atoms. The molecule has 1 fully saturated rings. The lowest BCUT2D eigenvalue weighted by Gasteiger charge is -2.42. The molecule has 3 aromatic rings. The predicted octanol–water partition coefficient (Wildman–Crippen LogP) is 6.79. The highest BCUT2D eigenvalue weighted by molar-refractivity contribution is 5.33. The fourth-order valence-corrected chi connectivity index (χ4v) is 5.36. The summed E-state index contributed by atoms with van der Waals surface area (Å²) in [6.45, 7) is 3.21. The highest BCUT2D eigenvalue weighted by atomic mass is 16.5. The van der Waals surface area contributed by atoms with Gasteiger partial charge in [0.05, 0.1) is 13.2 Å². The number of nitrogens with one attached hydrogen (secondary N) is 1. The van der Waals surface area contributed by atoms with Crippen molar-refractivity contribution in [1.82, 2.24) is 10.2 Å². The van der Waals surface area contributed by atoms with Crippen molar-refractivity contribution in [2.45, 2.75) is 63.6 Å². The molecule has 2 unspecified atom stereocenters. The summed E-state index contributed by atoms with van der Waals surface area (Å²) in [7, 11) is 1.76. The van der Waals surface area contributed by atoms with E-state index >= 15 is 0 Å². The van der Waals surface area contributed by atoms with Crippen LogP contribution in [0.5, 0.6) is 5.75 Å². The van der Waals surface area contributed by atoms with Crippen molar-refractivity contribution in [3.8, 4) is 5.75 Å². The summed E-state index contributed by atoms with van der Waals surface area (Å²) in [6.07, 6.45) is 8.85. The van der Waals surface area contributed by atoms with Crippen molar-refractivity contribution in [3.63, 3.8) is 0 Å². The molecule has 3 nitrogen and oxygen atoms in total. The highest BCUT2D eigenvalue weighted by Crippen LogP contribution is 2.32. The number of para-hydroxylation sites is 1. The Bertz CT molecular complexity index is 959. The molecule has 3 heteroatoms. The van der Waals surface area contributed by atoms with Gasteiger partial charge in [0.1, 0.15) is 5.75 Å². The summed E-state index contributed by atoms with van der Waals surface area (Å²) in [5, 5.41) is 3.90. The summed E-state index contributed by atoms with van der Waals surface area (Å²) >= 11 is 0. The van der Waals surface area contributed by atoms with Gasteiger partial charge in [-0.05, 0) is 62.4 Å². The van der Waals surface area contributed by atoms with Crippen molar-refractivity contribution >= 4 is 0 Å². The number of unbranched alkanes of at least 4 members (excludes halogenated alkanes) is 3. The molecule has 2 atom stereocenters. The van der Waals surface area contributed by atoms with Crippen LogP contribution in [0.15, 0.2) is 84.9 Å². The van der Waals surface area contributed by atoms with Gasteiger partial charge < -0.3 is 10.1 Å². The average Bonchev–Trinajstić information content (AvgIpc) is 2.90. The third-order valence-electron chi connectivity index (χ3n) is 7.13. The second-order valence-corrected chi connectivity index (χ2v) is 9.48. The molecule has 0 radical (unpaired) electrons. The quantitative estimate of drug-likeness (QED) is 0.304. The maximum absolute atomic E-state index is 5.58. The van der Waals surface area contributed by atoms with E-state index in [0.717, 1.165) is 12.3 Å². The van der Waals surface area contributed by atoms with Crippen molar-refractivity contribution in [2.75, 3.05) is 20.2 Å². The molecule has 0 aromatic heterocycles. The van der Waals surface area contributed by atoms with E-state index in [9.17, 15) is 0 Å². The van der Waals surface area contributed by atoms with E-state index in [-0.39, 0.29) is 0 Å². The zero-order valence-electron chi connectivity index (χ0n) is 20.7. The zero-order chi connectivity index (χ0) is 23.4. The van der Waals surface area contributed by atoms with Crippen LogP contribution < -0.4 is 10.1 Å². The number of hydrogen-bond acceptors (Lipinski definition) is 3. The monoisotopic (exact) mass is 456 g/mol. The summed E-state index contributed by atoms with van der Waals surface area (Å²) in [6, 6.07) is 31.2. The molecule has 180 valence electrons. The minimum atomic E-state index is 0.425. The van der Waals surface area contributed by atoms with Crippen LogP contribution in [0.2, 0.25) is 0 Å². The van der Waals surface area contributed by atoms with Gasteiger partial charge in [-0.1, -0.05) is 91.7 Å². The Morgan fingerprint density at radius 3 is 2.32 bits per heavy atom. The minimum Gasteiger partial charge on any atom is -0.496 e. The van der Waals surface area contributed by atoms with E-state index < -0.39 is 0 Å². The van der Waals surface area contributed by atoms with Gasteiger partial charge in [0.15, 0.2) is 0 Å². The van der Waals surface area contributed by atoms with Gasteiger partial charge in [0.2, 0.25) is 0 Å². The number of piperidine rings is 1. The van der Waals surface area contributed by atoms with Crippen LogP contribution in [0, 0.1) is 0 Å². The number of methoxy groups -OCH3 is 1. The summed E-state index contributed by atoms with van der Waals surface area (Å²) in [4.78, 5) is 2.73. The molecule has 0 spiro atoms. The topological polar surface area (TPSA) is 24.5 Å². The standard InChI is InChI=1S/C31H40N2O/c1-34-30-22-12-11-20-28(30)25-32-29-21-14-24-33(31(29)27-18-9-5-10-19-27)23-13-3-2-6-15-26-16-7-4-8-17-26/h4-5,7-12,16-20,22,29,31-32H,2-3,6,13-15,21,23-25H2,1H3. The molecule has 3 aromatic carbocycles. The third-order valence-corrected chi connectivity index (χ3v) is 7.13. The van der Waals surface area contributed by atoms with E-state index in [1.165, 1.54) is 74.7 Å². The van der Waals surface area contributed by atoms with Crippen LogP contribution in [0.1, 0.15) is 61.3 Å². The molecule has 1 aliphatic rings. The van der Waals surface area contributed by atoms with Crippen molar-refractivity contribution in [1.29, 1.82) is 0 Å². The Labute approximate surface area is 206 Å². The van der Waals surface area contributed by atoms with Gasteiger partial charge in [0.25, 0.3) is 0 Å². The van der Waals surface area contributed by atoms with Gasteiger partial charge in [-0.15, -0.1) is 0 Å². The van der Waals surface area contributed by atoms with Gasteiger partial charge in [-0.25, -0.2) is 0 Å². The number of aryl methyl sites for hydroxylation is 1. The highest BCUT2D eigenvalue weighted by Gasteiger charge is 2.32. The Morgan fingerprint density at radius 1 is 0.824 bits per heavy atom. The number of nitrogens with zero attached hydrogens (tertiary/aromatic N) is 1. The largest absolute Gasteiger partial charge is 0.496 e. The summed E-state index contributed by atoms with van der Waals surface area (Å²) in [5.74, 6) is 0.967. The van der Waals surface area contributed by atoms with Crippen molar-refractivity contribution < 1.29 is 4.74 Å². The molecule has 1 heterocycles. The van der Waals surface area contributed by atoms with Gasteiger partial charge in [-0.3, -0.25) is 4.90 Å². The van der Waals surface area contributed by atoms with Crippen molar-refractivity contribution in [2.24, 2.45) is 0 Å². The van der Waals surface area contributed by atoms with Gasteiger partial charge in [-0.2, -0.15) is 0 Å². The van der Waals surface area contributed by atoms with Gasteiger partial charge in [0, 0.05) is 18.2 Å². The van der Waals surface area contributed by atoms with Gasteiger partial charge >= 0.3 is 0 Å². The van der Waals surface area contributed by atoms with E-state index in [4.69, 9.17) is 4.74 Å². The Hall–Kier alpha value is -2.62. The zero-order valence-corrected chi connectivity index (χ0v) is 20.7. The van der Waals surface area contributed by atoms with Crippen LogP contribution in [-0.2, 0) is 13.0 Å². The lowest BCUT2D eigenvalue weighted by atomic mass is 9.89. The number of ether oxygens (including phenoxy) is 1. The number of benzene rings is 3. The second-order valence-electron chi connectivity index (χ2n) is 9.48.